The monoisotopic (exact) mass is 488 g/mol. The molecule has 2 amide bonds. The standard InChI is InChI=1S/C21H30F2N4O5S/c1-9(5-13(28)21(22,23)8-24)14-15-10(2)17(16(20(31)32)27(15)19(14)30)33-11-6-12(25-7-11)18(29)26(3)4/h9-12,14-15,25H,5-8,24H2,1-4H3,(H,31,32)/t9-,10+,11-,12-,14+,15+/m0/s1. The third-order valence-electron chi connectivity index (χ3n) is 6.70. The van der Waals surface area contributed by atoms with Gasteiger partial charge in [0.15, 0.2) is 0 Å². The van der Waals surface area contributed by atoms with Crippen molar-refractivity contribution in [3.63, 3.8) is 0 Å². The van der Waals surface area contributed by atoms with Crippen LogP contribution in [0.15, 0.2) is 10.6 Å². The Morgan fingerprint density at radius 3 is 2.55 bits per heavy atom. The van der Waals surface area contributed by atoms with Crippen LogP contribution >= 0.6 is 11.8 Å². The predicted octanol–water partition coefficient (Wildman–Crippen LogP) is 0.501. The number of carbonyl (C=O) groups excluding carboxylic acids is 3. The van der Waals surface area contributed by atoms with Crippen molar-refractivity contribution in [2.24, 2.45) is 23.5 Å². The molecule has 0 bridgehead atoms. The molecule has 0 saturated carbocycles. The van der Waals surface area contributed by atoms with E-state index < -0.39 is 54.4 Å². The fourth-order valence-corrected chi connectivity index (χ4v) is 6.40. The Labute approximate surface area is 195 Å². The van der Waals surface area contributed by atoms with E-state index in [2.05, 4.69) is 5.32 Å². The second kappa shape index (κ2) is 9.30. The molecule has 3 heterocycles. The van der Waals surface area contributed by atoms with Gasteiger partial charge < -0.3 is 26.0 Å². The Bertz CT molecular complexity index is 896. The maximum atomic E-state index is 13.6. The molecule has 0 spiro atoms. The molecule has 0 aliphatic carbocycles. The highest BCUT2D eigenvalue weighted by atomic mass is 32.2. The molecule has 3 aliphatic heterocycles. The number of carboxylic acid groups (broad SMARTS) is 1. The van der Waals surface area contributed by atoms with Crippen molar-refractivity contribution in [3.8, 4) is 0 Å². The van der Waals surface area contributed by atoms with Gasteiger partial charge in [-0.05, 0) is 12.3 Å². The van der Waals surface area contributed by atoms with Gasteiger partial charge in [0.2, 0.25) is 17.6 Å². The van der Waals surface area contributed by atoms with Crippen LogP contribution in [0, 0.1) is 17.8 Å². The molecular weight excluding hydrogens is 458 g/mol. The van der Waals surface area contributed by atoms with Crippen molar-refractivity contribution in [2.45, 2.75) is 49.9 Å². The molecule has 184 valence electrons. The number of amides is 2. The van der Waals surface area contributed by atoms with Crippen LogP contribution in [0.25, 0.3) is 0 Å². The third-order valence-corrected chi connectivity index (χ3v) is 8.21. The minimum absolute atomic E-state index is 0.0554. The number of hydrogen-bond donors (Lipinski definition) is 3. The smallest absolute Gasteiger partial charge is 0.353 e. The van der Waals surface area contributed by atoms with E-state index in [0.717, 1.165) is 0 Å². The van der Waals surface area contributed by atoms with Gasteiger partial charge in [-0.25, -0.2) is 4.79 Å². The zero-order chi connectivity index (χ0) is 24.8. The number of Topliss-reactive ketones (excluding diaryl/α,β-unsaturated/α-hetero) is 1. The Kier molecular flexibility index (Phi) is 7.21. The van der Waals surface area contributed by atoms with E-state index in [1.165, 1.54) is 21.6 Å². The van der Waals surface area contributed by atoms with E-state index in [1.807, 2.05) is 6.92 Å². The molecule has 0 aromatic carbocycles. The molecule has 2 saturated heterocycles. The molecule has 12 heteroatoms. The van der Waals surface area contributed by atoms with Crippen LogP contribution in [0.4, 0.5) is 8.78 Å². The van der Waals surface area contributed by atoms with Gasteiger partial charge in [0.25, 0.3) is 0 Å². The molecule has 3 rings (SSSR count). The lowest BCUT2D eigenvalue weighted by Gasteiger charge is -2.47. The van der Waals surface area contributed by atoms with E-state index in [1.54, 1.807) is 21.0 Å². The zero-order valence-electron chi connectivity index (χ0n) is 19.0. The first-order chi connectivity index (χ1) is 15.3. The van der Waals surface area contributed by atoms with Gasteiger partial charge in [0, 0.05) is 43.1 Å². The van der Waals surface area contributed by atoms with Crippen LogP contribution in [-0.2, 0) is 19.2 Å². The van der Waals surface area contributed by atoms with E-state index in [0.29, 0.717) is 17.9 Å². The van der Waals surface area contributed by atoms with E-state index in [4.69, 9.17) is 5.73 Å². The highest BCUT2D eigenvalue weighted by molar-refractivity contribution is 8.03. The van der Waals surface area contributed by atoms with Crippen LogP contribution in [0.1, 0.15) is 26.7 Å². The number of likely N-dealkylation sites (N-methyl/N-ethyl adjacent to an activating group) is 1. The summed E-state index contributed by atoms with van der Waals surface area (Å²) in [7, 11) is 3.33. The quantitative estimate of drug-likeness (QED) is 0.400. The Morgan fingerprint density at radius 2 is 2.00 bits per heavy atom. The van der Waals surface area contributed by atoms with Crippen molar-refractivity contribution in [1.82, 2.24) is 15.1 Å². The molecule has 0 radical (unpaired) electrons. The number of halogens is 2. The minimum atomic E-state index is -3.65. The number of alkyl halides is 2. The number of hydrogen-bond acceptors (Lipinski definition) is 7. The Balaban J connectivity index is 1.75. The number of nitrogens with zero attached hydrogens (tertiary/aromatic N) is 2. The first kappa shape index (κ1) is 25.6. The summed E-state index contributed by atoms with van der Waals surface area (Å²) in [4.78, 5) is 52.3. The summed E-state index contributed by atoms with van der Waals surface area (Å²) >= 11 is 1.35. The van der Waals surface area contributed by atoms with Crippen LogP contribution in [0.5, 0.6) is 0 Å². The van der Waals surface area contributed by atoms with Gasteiger partial charge in [-0.1, -0.05) is 13.8 Å². The van der Waals surface area contributed by atoms with Crippen molar-refractivity contribution in [2.75, 3.05) is 27.2 Å². The molecule has 0 aromatic heterocycles. The first-order valence-electron chi connectivity index (χ1n) is 10.8. The fraction of sp³-hybridized carbons (Fsp3) is 0.714. The van der Waals surface area contributed by atoms with Crippen molar-refractivity contribution < 1.29 is 33.1 Å². The van der Waals surface area contributed by atoms with Crippen LogP contribution in [0.2, 0.25) is 0 Å². The number of nitrogens with one attached hydrogen (secondary N) is 1. The van der Waals surface area contributed by atoms with Crippen molar-refractivity contribution >= 4 is 35.3 Å². The van der Waals surface area contributed by atoms with E-state index in [9.17, 15) is 33.1 Å². The van der Waals surface area contributed by atoms with Crippen molar-refractivity contribution in [1.29, 1.82) is 0 Å². The third kappa shape index (κ3) is 4.52. The molecule has 0 aromatic rings. The Morgan fingerprint density at radius 1 is 1.36 bits per heavy atom. The number of ketones is 1. The zero-order valence-corrected chi connectivity index (χ0v) is 19.8. The highest BCUT2D eigenvalue weighted by Gasteiger charge is 2.60. The molecule has 3 aliphatic rings. The average Bonchev–Trinajstić information content (AvgIpc) is 3.29. The van der Waals surface area contributed by atoms with Gasteiger partial charge in [-0.15, -0.1) is 11.8 Å². The van der Waals surface area contributed by atoms with Gasteiger partial charge in [0.1, 0.15) is 5.70 Å². The lowest BCUT2D eigenvalue weighted by molar-refractivity contribution is -0.161. The number of carbonyl (C=O) groups is 4. The number of aliphatic carboxylic acids is 1. The maximum absolute atomic E-state index is 13.6. The molecule has 4 N–H and O–H groups in total. The summed E-state index contributed by atoms with van der Waals surface area (Å²) in [6.07, 6.45) is 0.00926. The summed E-state index contributed by atoms with van der Waals surface area (Å²) in [5.74, 6) is -8.47. The maximum Gasteiger partial charge on any atom is 0.353 e. The average molecular weight is 489 g/mol. The molecule has 9 nitrogen and oxygen atoms in total. The normalized spacial score (nSPS) is 30.2. The topological polar surface area (TPSA) is 133 Å². The first-order valence-corrected chi connectivity index (χ1v) is 11.7. The number of rotatable bonds is 9. The van der Waals surface area contributed by atoms with Crippen LogP contribution in [0.3, 0.4) is 0 Å². The van der Waals surface area contributed by atoms with Gasteiger partial charge in [-0.3, -0.25) is 14.4 Å². The van der Waals surface area contributed by atoms with Crippen LogP contribution in [-0.4, -0.2) is 88.9 Å². The minimum Gasteiger partial charge on any atom is -0.477 e. The molecule has 6 atom stereocenters. The summed E-state index contributed by atoms with van der Waals surface area (Å²) in [6.45, 7) is 2.78. The number of thioether (sulfide) groups is 1. The molecule has 33 heavy (non-hydrogen) atoms. The number of nitrogens with two attached hydrogens (primary N) is 1. The lowest BCUT2D eigenvalue weighted by Crippen LogP contribution is -2.62. The van der Waals surface area contributed by atoms with E-state index in [-0.39, 0.29) is 28.8 Å². The van der Waals surface area contributed by atoms with Crippen molar-refractivity contribution in [3.05, 3.63) is 10.6 Å². The predicted molar refractivity (Wildman–Crippen MR) is 117 cm³/mol. The second-order valence-electron chi connectivity index (χ2n) is 9.21. The van der Waals surface area contributed by atoms with Crippen LogP contribution < -0.4 is 11.1 Å². The SMILES string of the molecule is C[C@@H](CC(=O)C(F)(F)CN)[C@H]1C(=O)N2C(C(=O)O)=C(S[C@@H]3CN[C@H](C(=O)N(C)C)C3)[C@H](C)[C@H]12. The summed E-state index contributed by atoms with van der Waals surface area (Å²) in [5, 5.41) is 12.9. The molecular formula is C21H30F2N4O5S. The summed E-state index contributed by atoms with van der Waals surface area (Å²) in [5.41, 5.74) is 4.89. The molecule has 2 fully saturated rings. The largest absolute Gasteiger partial charge is 0.477 e. The number of β-lactam (4-membered cyclic amide) rings is 1. The second-order valence-corrected chi connectivity index (χ2v) is 10.6. The number of fused-ring (bicyclic) bond motifs is 1. The van der Waals surface area contributed by atoms with Gasteiger partial charge in [-0.2, -0.15) is 8.78 Å². The lowest BCUT2D eigenvalue weighted by atomic mass is 9.73. The van der Waals surface area contributed by atoms with E-state index >= 15 is 0 Å². The number of carboxylic acids is 1. The molecule has 0 unspecified atom stereocenters. The summed E-state index contributed by atoms with van der Waals surface area (Å²) < 4.78 is 27.3. The highest BCUT2D eigenvalue weighted by Crippen LogP contribution is 2.53. The summed E-state index contributed by atoms with van der Waals surface area (Å²) in [6, 6.07) is -0.862. The van der Waals surface area contributed by atoms with Gasteiger partial charge in [0.05, 0.1) is 24.5 Å². The van der Waals surface area contributed by atoms with Gasteiger partial charge >= 0.3 is 11.9 Å². The fourth-order valence-electron chi connectivity index (χ4n) is 4.92. The Hall–Kier alpha value is -2.05.